The van der Waals surface area contributed by atoms with E-state index in [1.807, 2.05) is 43.3 Å². The molecule has 4 rings (SSSR count). The van der Waals surface area contributed by atoms with Gasteiger partial charge in [-0.1, -0.05) is 60.4 Å². The fourth-order valence-electron chi connectivity index (χ4n) is 3.62. The number of ether oxygens (including phenoxy) is 1. The zero-order valence-electron chi connectivity index (χ0n) is 18.4. The Morgan fingerprint density at radius 2 is 1.94 bits per heavy atom. The van der Waals surface area contributed by atoms with Crippen LogP contribution in [0.5, 0.6) is 0 Å². The molecule has 1 aromatic carbocycles. The van der Waals surface area contributed by atoms with Crippen molar-refractivity contribution < 1.29 is 9.53 Å². The van der Waals surface area contributed by atoms with Crippen molar-refractivity contribution in [1.82, 2.24) is 14.3 Å². The molecule has 0 aliphatic carbocycles. The van der Waals surface area contributed by atoms with Crippen molar-refractivity contribution in [3.05, 3.63) is 81.1 Å². The van der Waals surface area contributed by atoms with Gasteiger partial charge in [0.15, 0.2) is 0 Å². The highest BCUT2D eigenvalue weighted by Gasteiger charge is 2.36. The van der Waals surface area contributed by atoms with Crippen LogP contribution in [0.25, 0.3) is 11.7 Å². The van der Waals surface area contributed by atoms with Crippen molar-refractivity contribution >= 4 is 51.7 Å². The fourth-order valence-corrected chi connectivity index (χ4v) is 5.02. The lowest BCUT2D eigenvalue weighted by molar-refractivity contribution is -0.123. The SMILES string of the molecule is COCCCNc1nc2ccccn2c(=O)c1/C=C1\SC(=S)N([C@@H](C)c2ccccc2)C1=O. The highest BCUT2D eigenvalue weighted by atomic mass is 32.2. The largest absolute Gasteiger partial charge is 0.385 e. The zero-order valence-corrected chi connectivity index (χ0v) is 20.0. The maximum absolute atomic E-state index is 13.3. The van der Waals surface area contributed by atoms with E-state index in [2.05, 4.69) is 10.3 Å². The Hall–Kier alpha value is -3.01. The fraction of sp³-hybridized carbons (Fsp3) is 0.250. The third-order valence-electron chi connectivity index (χ3n) is 5.35. The van der Waals surface area contributed by atoms with Crippen LogP contribution in [0.3, 0.4) is 0 Å². The third-order valence-corrected chi connectivity index (χ3v) is 6.69. The van der Waals surface area contributed by atoms with E-state index in [4.69, 9.17) is 17.0 Å². The summed E-state index contributed by atoms with van der Waals surface area (Å²) >= 11 is 6.73. The van der Waals surface area contributed by atoms with Gasteiger partial charge in [-0.05, 0) is 37.1 Å². The number of hydrogen-bond acceptors (Lipinski definition) is 7. The average Bonchev–Trinajstić information content (AvgIpc) is 3.11. The van der Waals surface area contributed by atoms with Crippen molar-refractivity contribution in [2.45, 2.75) is 19.4 Å². The monoisotopic (exact) mass is 480 g/mol. The summed E-state index contributed by atoms with van der Waals surface area (Å²) in [6, 6.07) is 14.9. The number of amides is 1. The van der Waals surface area contributed by atoms with Gasteiger partial charge in [0.25, 0.3) is 11.5 Å². The summed E-state index contributed by atoms with van der Waals surface area (Å²) in [7, 11) is 1.64. The number of nitrogens with zero attached hydrogens (tertiary/aromatic N) is 3. The molecule has 1 atom stereocenters. The second-order valence-corrected chi connectivity index (χ2v) is 9.20. The van der Waals surface area contributed by atoms with Gasteiger partial charge in [-0.25, -0.2) is 4.98 Å². The van der Waals surface area contributed by atoms with Gasteiger partial charge >= 0.3 is 0 Å². The number of thiocarbonyl (C=S) groups is 1. The quantitative estimate of drug-likeness (QED) is 0.295. The molecule has 33 heavy (non-hydrogen) atoms. The van der Waals surface area contributed by atoms with E-state index in [9.17, 15) is 9.59 Å². The minimum absolute atomic E-state index is 0.216. The predicted octanol–water partition coefficient (Wildman–Crippen LogP) is 4.11. The molecule has 1 aliphatic rings. The molecule has 1 saturated heterocycles. The molecule has 9 heteroatoms. The van der Waals surface area contributed by atoms with Crippen LogP contribution in [-0.4, -0.2) is 44.8 Å². The van der Waals surface area contributed by atoms with Gasteiger partial charge in [0.2, 0.25) is 0 Å². The molecular formula is C24H24N4O3S2. The first-order chi connectivity index (χ1) is 16.0. The topological polar surface area (TPSA) is 75.9 Å². The van der Waals surface area contributed by atoms with Gasteiger partial charge < -0.3 is 10.1 Å². The van der Waals surface area contributed by atoms with Crippen molar-refractivity contribution in [2.75, 3.05) is 25.6 Å². The Morgan fingerprint density at radius 3 is 2.70 bits per heavy atom. The van der Waals surface area contributed by atoms with Crippen LogP contribution in [0.15, 0.2) is 64.4 Å². The molecule has 0 radical (unpaired) electrons. The van der Waals surface area contributed by atoms with Crippen LogP contribution in [0.4, 0.5) is 5.82 Å². The smallest absolute Gasteiger partial charge is 0.267 e. The predicted molar refractivity (Wildman–Crippen MR) is 136 cm³/mol. The third kappa shape index (κ3) is 4.85. The number of fused-ring (bicyclic) bond motifs is 1. The number of carbonyl (C=O) groups excluding carboxylic acids is 1. The first-order valence-electron chi connectivity index (χ1n) is 10.6. The number of methoxy groups -OCH3 is 1. The van der Waals surface area contributed by atoms with Gasteiger partial charge in [-0.3, -0.25) is 18.9 Å². The summed E-state index contributed by atoms with van der Waals surface area (Å²) in [6.07, 6.45) is 4.02. The van der Waals surface area contributed by atoms with Gasteiger partial charge in [0, 0.05) is 26.5 Å². The first kappa shape index (κ1) is 23.2. The normalized spacial score (nSPS) is 16.1. The lowest BCUT2D eigenvalue weighted by atomic mass is 10.1. The van der Waals surface area contributed by atoms with Crippen molar-refractivity contribution in [2.24, 2.45) is 0 Å². The van der Waals surface area contributed by atoms with Gasteiger partial charge in [-0.15, -0.1) is 0 Å². The highest BCUT2D eigenvalue weighted by Crippen LogP contribution is 2.38. The maximum atomic E-state index is 13.3. The number of aromatic nitrogens is 2. The van der Waals surface area contributed by atoms with Gasteiger partial charge in [0.1, 0.15) is 15.8 Å². The van der Waals surface area contributed by atoms with E-state index in [1.165, 1.54) is 16.2 Å². The van der Waals surface area contributed by atoms with E-state index in [-0.39, 0.29) is 17.5 Å². The highest BCUT2D eigenvalue weighted by molar-refractivity contribution is 8.26. The summed E-state index contributed by atoms with van der Waals surface area (Å²) in [6.45, 7) is 3.11. The summed E-state index contributed by atoms with van der Waals surface area (Å²) in [5.41, 5.74) is 1.59. The number of anilines is 1. The molecule has 0 unspecified atom stereocenters. The van der Waals surface area contributed by atoms with E-state index in [1.54, 1.807) is 36.4 Å². The lowest BCUT2D eigenvalue weighted by Crippen LogP contribution is -2.31. The van der Waals surface area contributed by atoms with E-state index in [0.29, 0.717) is 39.4 Å². The molecule has 7 nitrogen and oxygen atoms in total. The lowest BCUT2D eigenvalue weighted by Gasteiger charge is -2.23. The van der Waals surface area contributed by atoms with Gasteiger partial charge in [-0.2, -0.15) is 0 Å². The Kier molecular flexibility index (Phi) is 7.22. The standard InChI is InChI=1S/C24H24N4O3S2/c1-16(17-9-4-3-5-10-17)28-23(30)19(33-24(28)32)15-18-21(25-12-8-14-31-2)26-20-11-6-7-13-27(20)22(18)29/h3-7,9-11,13,15-16,25H,8,12,14H2,1-2H3/b19-15-/t16-/m0/s1. The minimum Gasteiger partial charge on any atom is -0.385 e. The molecule has 0 bridgehead atoms. The Morgan fingerprint density at radius 1 is 1.18 bits per heavy atom. The number of nitrogens with one attached hydrogen (secondary N) is 1. The van der Waals surface area contributed by atoms with Crippen molar-refractivity contribution in [3.8, 4) is 0 Å². The summed E-state index contributed by atoms with van der Waals surface area (Å²) in [4.78, 5) is 33.2. The van der Waals surface area contributed by atoms with Crippen LogP contribution < -0.4 is 10.9 Å². The van der Waals surface area contributed by atoms with Crippen LogP contribution >= 0.6 is 24.0 Å². The number of benzene rings is 1. The molecule has 3 heterocycles. The Balaban J connectivity index is 1.71. The van der Waals surface area contributed by atoms with Crippen LogP contribution in [0.1, 0.15) is 30.5 Å². The van der Waals surface area contributed by atoms with Crippen molar-refractivity contribution in [3.63, 3.8) is 0 Å². The van der Waals surface area contributed by atoms with Crippen molar-refractivity contribution in [1.29, 1.82) is 0 Å². The Bertz CT molecular complexity index is 1270. The number of carbonyl (C=O) groups is 1. The molecule has 0 spiro atoms. The summed E-state index contributed by atoms with van der Waals surface area (Å²) in [5, 5.41) is 3.22. The molecular weight excluding hydrogens is 456 g/mol. The summed E-state index contributed by atoms with van der Waals surface area (Å²) < 4.78 is 7.04. The van der Waals surface area contributed by atoms with Crippen LogP contribution in [0, 0.1) is 0 Å². The number of pyridine rings is 1. The molecule has 170 valence electrons. The van der Waals surface area contributed by atoms with E-state index in [0.717, 1.165) is 12.0 Å². The maximum Gasteiger partial charge on any atom is 0.267 e. The molecule has 2 aromatic heterocycles. The minimum atomic E-state index is -0.254. The Labute approximate surface area is 201 Å². The molecule has 1 amide bonds. The molecule has 1 fully saturated rings. The molecule has 1 aliphatic heterocycles. The molecule has 3 aromatic rings. The number of thioether (sulfide) groups is 1. The van der Waals surface area contributed by atoms with E-state index >= 15 is 0 Å². The zero-order chi connectivity index (χ0) is 23.4. The molecule has 0 saturated carbocycles. The average molecular weight is 481 g/mol. The van der Waals surface area contributed by atoms with Crippen LogP contribution in [-0.2, 0) is 9.53 Å². The first-order valence-corrected chi connectivity index (χ1v) is 11.8. The van der Waals surface area contributed by atoms with E-state index < -0.39 is 0 Å². The number of rotatable bonds is 8. The van der Waals surface area contributed by atoms with Crippen LogP contribution in [0.2, 0.25) is 0 Å². The second-order valence-electron chi connectivity index (χ2n) is 7.52. The second kappa shape index (κ2) is 10.3. The molecule has 1 N–H and O–H groups in total. The van der Waals surface area contributed by atoms with Gasteiger partial charge in [0.05, 0.1) is 16.5 Å². The number of hydrogen-bond donors (Lipinski definition) is 1. The summed E-state index contributed by atoms with van der Waals surface area (Å²) in [5.74, 6) is 0.216.